The van der Waals surface area contributed by atoms with Crippen LogP contribution in [0.15, 0.2) is 34.0 Å². The average molecular weight is 346 g/mol. The van der Waals surface area contributed by atoms with Crippen LogP contribution in [0, 0.1) is 6.92 Å². The molecule has 0 unspecified atom stereocenters. The zero-order valence-electron chi connectivity index (χ0n) is 11.8. The number of thioether (sulfide) groups is 1. The molecule has 0 fully saturated rings. The van der Waals surface area contributed by atoms with Gasteiger partial charge < -0.3 is 5.32 Å². The monoisotopic (exact) mass is 346 g/mol. The Morgan fingerprint density at radius 1 is 1.41 bits per heavy atom. The van der Waals surface area contributed by atoms with E-state index in [4.69, 9.17) is 0 Å². The maximum absolute atomic E-state index is 12.6. The van der Waals surface area contributed by atoms with Gasteiger partial charge in [-0.25, -0.2) is 4.98 Å². The van der Waals surface area contributed by atoms with Crippen molar-refractivity contribution in [3.05, 3.63) is 40.9 Å². The Morgan fingerprint density at radius 2 is 2.14 bits per heavy atom. The SMILES string of the molecule is Cc1csc(S[C@@H](C)C(=O)Nc2cccc(C(F)(F)F)c2)n1. The van der Waals surface area contributed by atoms with Crippen molar-refractivity contribution in [1.82, 2.24) is 4.98 Å². The van der Waals surface area contributed by atoms with Crippen LogP contribution >= 0.6 is 23.1 Å². The highest BCUT2D eigenvalue weighted by atomic mass is 32.2. The van der Waals surface area contributed by atoms with Gasteiger partial charge >= 0.3 is 6.18 Å². The molecule has 0 saturated heterocycles. The van der Waals surface area contributed by atoms with Crippen LogP contribution in [0.5, 0.6) is 0 Å². The number of nitrogens with zero attached hydrogens (tertiary/aromatic N) is 1. The van der Waals surface area contributed by atoms with Gasteiger partial charge in [0.15, 0.2) is 4.34 Å². The third-order valence-corrected chi connectivity index (χ3v) is 4.89. The molecule has 0 spiro atoms. The van der Waals surface area contributed by atoms with Crippen LogP contribution in [0.1, 0.15) is 18.2 Å². The summed E-state index contributed by atoms with van der Waals surface area (Å²) in [6, 6.07) is 4.58. The molecule has 3 nitrogen and oxygen atoms in total. The van der Waals surface area contributed by atoms with Crippen molar-refractivity contribution in [2.75, 3.05) is 5.32 Å². The molecule has 22 heavy (non-hydrogen) atoms. The summed E-state index contributed by atoms with van der Waals surface area (Å²) in [4.78, 5) is 16.3. The quantitative estimate of drug-likeness (QED) is 0.824. The fourth-order valence-electron chi connectivity index (χ4n) is 1.61. The van der Waals surface area contributed by atoms with E-state index in [2.05, 4.69) is 10.3 Å². The summed E-state index contributed by atoms with van der Waals surface area (Å²) in [6.07, 6.45) is -4.43. The molecule has 1 amide bonds. The fraction of sp³-hybridized carbons (Fsp3) is 0.286. The lowest BCUT2D eigenvalue weighted by Gasteiger charge is -2.12. The Labute approximate surface area is 134 Å². The molecule has 0 bridgehead atoms. The van der Waals surface area contributed by atoms with Crippen LogP contribution in [0.4, 0.5) is 18.9 Å². The van der Waals surface area contributed by atoms with Crippen LogP contribution in [0.2, 0.25) is 0 Å². The van der Waals surface area contributed by atoms with E-state index in [0.29, 0.717) is 0 Å². The first-order chi connectivity index (χ1) is 10.3. The smallest absolute Gasteiger partial charge is 0.325 e. The number of rotatable bonds is 4. The normalized spacial score (nSPS) is 13.0. The highest BCUT2D eigenvalue weighted by Crippen LogP contribution is 2.31. The second-order valence-electron chi connectivity index (χ2n) is 4.58. The van der Waals surface area contributed by atoms with E-state index < -0.39 is 17.0 Å². The van der Waals surface area contributed by atoms with E-state index in [1.54, 1.807) is 6.92 Å². The molecule has 118 valence electrons. The third kappa shape index (κ3) is 4.48. The van der Waals surface area contributed by atoms with Gasteiger partial charge in [0.2, 0.25) is 5.91 Å². The number of anilines is 1. The maximum atomic E-state index is 12.6. The molecular weight excluding hydrogens is 333 g/mol. The minimum Gasteiger partial charge on any atom is -0.325 e. The first-order valence-electron chi connectivity index (χ1n) is 6.32. The second-order valence-corrected chi connectivity index (χ2v) is 7.03. The summed E-state index contributed by atoms with van der Waals surface area (Å²) >= 11 is 2.71. The largest absolute Gasteiger partial charge is 0.416 e. The number of aryl methyl sites for hydroxylation is 1. The number of halogens is 3. The number of hydrogen-bond acceptors (Lipinski definition) is 4. The average Bonchev–Trinajstić information content (AvgIpc) is 2.83. The van der Waals surface area contributed by atoms with Gasteiger partial charge in [-0.05, 0) is 32.0 Å². The Balaban J connectivity index is 2.02. The molecule has 1 aromatic carbocycles. The number of thiazole rings is 1. The summed E-state index contributed by atoms with van der Waals surface area (Å²) in [5.41, 5.74) is 0.210. The van der Waals surface area contributed by atoms with Gasteiger partial charge in [0.05, 0.1) is 10.8 Å². The van der Waals surface area contributed by atoms with E-state index in [-0.39, 0.29) is 11.6 Å². The van der Waals surface area contributed by atoms with Gasteiger partial charge in [0.25, 0.3) is 0 Å². The van der Waals surface area contributed by atoms with Crippen molar-refractivity contribution in [2.24, 2.45) is 0 Å². The van der Waals surface area contributed by atoms with Crippen molar-refractivity contribution >= 4 is 34.7 Å². The molecular formula is C14H13F3N2OS2. The molecule has 1 heterocycles. The van der Waals surface area contributed by atoms with E-state index in [1.165, 1.54) is 35.2 Å². The number of hydrogen-bond donors (Lipinski definition) is 1. The molecule has 2 aromatic rings. The van der Waals surface area contributed by atoms with Crippen LogP contribution in [0.3, 0.4) is 0 Å². The second kappa shape index (κ2) is 6.70. The Morgan fingerprint density at radius 3 is 2.73 bits per heavy atom. The number of amides is 1. The Kier molecular flexibility index (Phi) is 5.12. The lowest BCUT2D eigenvalue weighted by atomic mass is 10.2. The summed E-state index contributed by atoms with van der Waals surface area (Å²) in [5, 5.41) is 3.91. The number of alkyl halides is 3. The topological polar surface area (TPSA) is 42.0 Å². The van der Waals surface area contributed by atoms with Crippen LogP contribution in [-0.4, -0.2) is 16.1 Å². The summed E-state index contributed by atoms with van der Waals surface area (Å²) < 4.78 is 38.6. The summed E-state index contributed by atoms with van der Waals surface area (Å²) in [6.45, 7) is 3.54. The number of benzene rings is 1. The predicted octanol–water partition coefficient (Wildman–Crippen LogP) is 4.59. The van der Waals surface area contributed by atoms with Crippen LogP contribution in [0.25, 0.3) is 0 Å². The van der Waals surface area contributed by atoms with Crippen LogP contribution in [-0.2, 0) is 11.0 Å². The summed E-state index contributed by atoms with van der Waals surface area (Å²) in [7, 11) is 0. The number of carbonyl (C=O) groups is 1. The predicted molar refractivity (Wildman–Crippen MR) is 82.2 cm³/mol. The van der Waals surface area contributed by atoms with E-state index in [9.17, 15) is 18.0 Å². The summed E-state index contributed by atoms with van der Waals surface area (Å²) in [5.74, 6) is -0.364. The van der Waals surface area contributed by atoms with Gasteiger partial charge in [-0.1, -0.05) is 17.8 Å². The molecule has 0 aliphatic heterocycles. The van der Waals surface area contributed by atoms with Crippen molar-refractivity contribution < 1.29 is 18.0 Å². The van der Waals surface area contributed by atoms with Gasteiger partial charge in [-0.15, -0.1) is 11.3 Å². The molecule has 0 saturated carbocycles. The van der Waals surface area contributed by atoms with Gasteiger partial charge in [0.1, 0.15) is 0 Å². The fourth-order valence-corrected chi connectivity index (χ4v) is 3.59. The van der Waals surface area contributed by atoms with Crippen molar-refractivity contribution in [2.45, 2.75) is 29.6 Å². The Hall–Kier alpha value is -1.54. The highest BCUT2D eigenvalue weighted by Gasteiger charge is 2.30. The minimum atomic E-state index is -4.43. The van der Waals surface area contributed by atoms with Gasteiger partial charge in [-0.2, -0.15) is 13.2 Å². The standard InChI is InChI=1S/C14H13F3N2OS2/c1-8-7-21-13(18-8)22-9(2)12(20)19-11-5-3-4-10(6-11)14(15,16)17/h3-7,9H,1-2H3,(H,19,20)/t9-/m0/s1. The molecule has 0 aliphatic rings. The van der Waals surface area contributed by atoms with Gasteiger partial charge in [0, 0.05) is 16.8 Å². The maximum Gasteiger partial charge on any atom is 0.416 e. The lowest BCUT2D eigenvalue weighted by Crippen LogP contribution is -2.22. The lowest BCUT2D eigenvalue weighted by molar-refractivity contribution is -0.137. The number of nitrogens with one attached hydrogen (secondary N) is 1. The number of aromatic nitrogens is 1. The van der Waals surface area contributed by atoms with Crippen molar-refractivity contribution in [1.29, 1.82) is 0 Å². The molecule has 0 radical (unpaired) electrons. The van der Waals surface area contributed by atoms with E-state index in [1.807, 2.05) is 12.3 Å². The molecule has 1 N–H and O–H groups in total. The van der Waals surface area contributed by atoms with E-state index >= 15 is 0 Å². The van der Waals surface area contributed by atoms with Crippen molar-refractivity contribution in [3.8, 4) is 0 Å². The first kappa shape index (κ1) is 16.8. The molecule has 2 rings (SSSR count). The Bertz CT molecular complexity index is 670. The first-order valence-corrected chi connectivity index (χ1v) is 8.08. The zero-order valence-corrected chi connectivity index (χ0v) is 13.4. The molecule has 1 atom stereocenters. The van der Waals surface area contributed by atoms with Crippen LogP contribution < -0.4 is 5.32 Å². The zero-order chi connectivity index (χ0) is 16.3. The molecule has 0 aliphatic carbocycles. The third-order valence-electron chi connectivity index (χ3n) is 2.70. The highest BCUT2D eigenvalue weighted by molar-refractivity contribution is 8.02. The number of carbonyl (C=O) groups excluding carboxylic acids is 1. The van der Waals surface area contributed by atoms with Crippen molar-refractivity contribution in [3.63, 3.8) is 0 Å². The molecule has 1 aromatic heterocycles. The van der Waals surface area contributed by atoms with E-state index in [0.717, 1.165) is 22.2 Å². The van der Waals surface area contributed by atoms with Gasteiger partial charge in [-0.3, -0.25) is 4.79 Å². The molecule has 8 heteroatoms. The minimum absolute atomic E-state index is 0.127.